The molecular weight excluding hydrogens is 206 g/mol. The Bertz CT molecular complexity index is 393. The first-order valence-electron chi connectivity index (χ1n) is 5.12. The van der Waals surface area contributed by atoms with Crippen molar-refractivity contribution < 1.29 is 14.3 Å². The molecule has 4 heteroatoms. The Labute approximate surface area is 93.8 Å². The fourth-order valence-corrected chi connectivity index (χ4v) is 1.64. The second-order valence-corrected chi connectivity index (χ2v) is 3.81. The summed E-state index contributed by atoms with van der Waals surface area (Å²) in [7, 11) is 1.64. The predicted octanol–water partition coefficient (Wildman–Crippen LogP) is 0.970. The van der Waals surface area contributed by atoms with E-state index in [-0.39, 0.29) is 12.0 Å². The number of ether oxygens (including phenoxy) is 1. The lowest BCUT2D eigenvalue weighted by Gasteiger charge is -2.38. The highest BCUT2D eigenvalue weighted by Crippen LogP contribution is 2.15. The molecule has 0 unspecified atom stereocenters. The molecule has 84 valence electrons. The minimum atomic E-state index is -0.00857. The molecule has 16 heavy (non-hydrogen) atoms. The van der Waals surface area contributed by atoms with Gasteiger partial charge in [0.1, 0.15) is 6.29 Å². The number of rotatable bonds is 3. The van der Waals surface area contributed by atoms with Crippen LogP contribution in [-0.2, 0) is 4.74 Å². The van der Waals surface area contributed by atoms with Crippen molar-refractivity contribution >= 4 is 12.2 Å². The van der Waals surface area contributed by atoms with Gasteiger partial charge in [-0.25, -0.2) is 0 Å². The number of methoxy groups -OCH3 is 1. The number of likely N-dealkylation sites (tertiary alicyclic amines) is 1. The normalized spacial score (nSPS) is 15.7. The molecule has 1 aromatic rings. The topological polar surface area (TPSA) is 46.6 Å². The lowest BCUT2D eigenvalue weighted by Crippen LogP contribution is -2.54. The molecule has 1 aromatic carbocycles. The van der Waals surface area contributed by atoms with Gasteiger partial charge < -0.3 is 9.64 Å². The summed E-state index contributed by atoms with van der Waals surface area (Å²) in [6.07, 6.45) is 0.928. The van der Waals surface area contributed by atoms with Crippen LogP contribution in [0, 0.1) is 0 Å². The molecule has 0 radical (unpaired) electrons. The van der Waals surface area contributed by atoms with Gasteiger partial charge in [0.15, 0.2) is 0 Å². The van der Waals surface area contributed by atoms with Gasteiger partial charge in [-0.15, -0.1) is 0 Å². The van der Waals surface area contributed by atoms with Crippen molar-refractivity contribution in [3.05, 3.63) is 35.4 Å². The summed E-state index contributed by atoms with van der Waals surface area (Å²) in [6, 6.07) is 6.64. The lowest BCUT2D eigenvalue weighted by atomic mass is 10.1. The van der Waals surface area contributed by atoms with E-state index in [0.29, 0.717) is 24.2 Å². The SMILES string of the molecule is COC1CN(C(=O)c2ccc(C=O)cc2)C1. The lowest BCUT2D eigenvalue weighted by molar-refractivity contribution is -0.0191. The maximum atomic E-state index is 11.9. The first kappa shape index (κ1) is 10.8. The van der Waals surface area contributed by atoms with Gasteiger partial charge >= 0.3 is 0 Å². The third-order valence-corrected chi connectivity index (χ3v) is 2.76. The summed E-state index contributed by atoms with van der Waals surface area (Å²) in [5.41, 5.74) is 1.19. The average Bonchev–Trinajstić information content (AvgIpc) is 2.27. The number of benzene rings is 1. The molecular formula is C12H13NO3. The summed E-state index contributed by atoms with van der Waals surface area (Å²) in [5.74, 6) is -0.00857. The zero-order chi connectivity index (χ0) is 11.5. The van der Waals surface area contributed by atoms with E-state index in [9.17, 15) is 9.59 Å². The highest BCUT2D eigenvalue weighted by atomic mass is 16.5. The van der Waals surface area contributed by atoms with Crippen LogP contribution < -0.4 is 0 Å². The van der Waals surface area contributed by atoms with Gasteiger partial charge in [0.25, 0.3) is 5.91 Å². The van der Waals surface area contributed by atoms with E-state index in [0.717, 1.165) is 6.29 Å². The molecule has 0 aliphatic carbocycles. The predicted molar refractivity (Wildman–Crippen MR) is 58.5 cm³/mol. The van der Waals surface area contributed by atoms with Gasteiger partial charge in [-0.3, -0.25) is 9.59 Å². The van der Waals surface area contributed by atoms with E-state index in [1.807, 2.05) is 0 Å². The third kappa shape index (κ3) is 1.97. The zero-order valence-corrected chi connectivity index (χ0v) is 9.05. The molecule has 1 fully saturated rings. The monoisotopic (exact) mass is 219 g/mol. The first-order chi connectivity index (χ1) is 7.74. The molecule has 1 amide bonds. The standard InChI is InChI=1S/C12H13NO3/c1-16-11-6-13(7-11)12(15)10-4-2-9(8-14)3-5-10/h2-5,8,11H,6-7H2,1H3. The smallest absolute Gasteiger partial charge is 0.254 e. The number of amides is 1. The molecule has 0 spiro atoms. The molecule has 0 bridgehead atoms. The Kier molecular flexibility index (Phi) is 3.01. The molecule has 1 aliphatic rings. The van der Waals surface area contributed by atoms with E-state index in [1.54, 1.807) is 36.3 Å². The Morgan fingerprint density at radius 3 is 2.50 bits per heavy atom. The summed E-state index contributed by atoms with van der Waals surface area (Å²) < 4.78 is 5.10. The minimum Gasteiger partial charge on any atom is -0.378 e. The van der Waals surface area contributed by atoms with Crippen molar-refractivity contribution in [2.45, 2.75) is 6.10 Å². The van der Waals surface area contributed by atoms with Crippen molar-refractivity contribution in [1.29, 1.82) is 0 Å². The summed E-state index contributed by atoms with van der Waals surface area (Å²) >= 11 is 0. The average molecular weight is 219 g/mol. The minimum absolute atomic E-state index is 0.00857. The van der Waals surface area contributed by atoms with Crippen LogP contribution in [0.5, 0.6) is 0 Å². The van der Waals surface area contributed by atoms with E-state index in [4.69, 9.17) is 4.74 Å². The van der Waals surface area contributed by atoms with Crippen LogP contribution >= 0.6 is 0 Å². The van der Waals surface area contributed by atoms with Gasteiger partial charge in [0, 0.05) is 31.3 Å². The van der Waals surface area contributed by atoms with Gasteiger partial charge in [-0.05, 0) is 12.1 Å². The van der Waals surface area contributed by atoms with E-state index < -0.39 is 0 Å². The number of hydrogen-bond acceptors (Lipinski definition) is 3. The summed E-state index contributed by atoms with van der Waals surface area (Å²) in [6.45, 7) is 1.29. The van der Waals surface area contributed by atoms with Gasteiger partial charge in [-0.2, -0.15) is 0 Å². The van der Waals surface area contributed by atoms with Crippen LogP contribution in [-0.4, -0.2) is 43.4 Å². The Hall–Kier alpha value is -1.68. The van der Waals surface area contributed by atoms with Crippen LogP contribution in [0.3, 0.4) is 0 Å². The summed E-state index contributed by atoms with van der Waals surface area (Å²) in [5, 5.41) is 0. The van der Waals surface area contributed by atoms with Crippen molar-refractivity contribution in [2.24, 2.45) is 0 Å². The summed E-state index contributed by atoms with van der Waals surface area (Å²) in [4.78, 5) is 24.1. The maximum Gasteiger partial charge on any atom is 0.254 e. The van der Waals surface area contributed by atoms with Crippen molar-refractivity contribution in [3.63, 3.8) is 0 Å². The number of nitrogens with zero attached hydrogens (tertiary/aromatic N) is 1. The second kappa shape index (κ2) is 4.45. The van der Waals surface area contributed by atoms with Crippen molar-refractivity contribution in [2.75, 3.05) is 20.2 Å². The van der Waals surface area contributed by atoms with Gasteiger partial charge in [0.2, 0.25) is 0 Å². The quantitative estimate of drug-likeness (QED) is 0.712. The number of aldehydes is 1. The highest BCUT2D eigenvalue weighted by molar-refractivity contribution is 5.95. The molecule has 1 saturated heterocycles. The van der Waals surface area contributed by atoms with Crippen molar-refractivity contribution in [1.82, 2.24) is 4.90 Å². The van der Waals surface area contributed by atoms with Crippen LogP contribution in [0.2, 0.25) is 0 Å². The van der Waals surface area contributed by atoms with Crippen LogP contribution in [0.1, 0.15) is 20.7 Å². The van der Waals surface area contributed by atoms with Gasteiger partial charge in [0.05, 0.1) is 6.10 Å². The number of carbonyl (C=O) groups is 2. The van der Waals surface area contributed by atoms with Crippen molar-refractivity contribution in [3.8, 4) is 0 Å². The maximum absolute atomic E-state index is 11.9. The van der Waals surface area contributed by atoms with Crippen LogP contribution in [0.4, 0.5) is 0 Å². The molecule has 0 saturated carbocycles. The number of carbonyl (C=O) groups excluding carboxylic acids is 2. The van der Waals surface area contributed by atoms with E-state index in [1.165, 1.54) is 0 Å². The molecule has 2 rings (SSSR count). The Balaban J connectivity index is 2.01. The van der Waals surface area contributed by atoms with E-state index in [2.05, 4.69) is 0 Å². The molecule has 4 nitrogen and oxygen atoms in total. The van der Waals surface area contributed by atoms with E-state index >= 15 is 0 Å². The molecule has 0 atom stereocenters. The van der Waals surface area contributed by atoms with Crippen LogP contribution in [0.15, 0.2) is 24.3 Å². The number of hydrogen-bond donors (Lipinski definition) is 0. The Morgan fingerprint density at radius 1 is 1.38 bits per heavy atom. The second-order valence-electron chi connectivity index (χ2n) is 3.81. The molecule has 0 N–H and O–H groups in total. The Morgan fingerprint density at radius 2 is 2.00 bits per heavy atom. The third-order valence-electron chi connectivity index (χ3n) is 2.76. The highest BCUT2D eigenvalue weighted by Gasteiger charge is 2.30. The molecule has 0 aromatic heterocycles. The first-order valence-corrected chi connectivity index (χ1v) is 5.12. The fraction of sp³-hybridized carbons (Fsp3) is 0.333. The van der Waals surface area contributed by atoms with Crippen LogP contribution in [0.25, 0.3) is 0 Å². The fourth-order valence-electron chi connectivity index (χ4n) is 1.64. The largest absolute Gasteiger partial charge is 0.378 e. The molecule has 1 aliphatic heterocycles. The molecule has 1 heterocycles. The van der Waals surface area contributed by atoms with Gasteiger partial charge in [-0.1, -0.05) is 12.1 Å². The zero-order valence-electron chi connectivity index (χ0n) is 9.05.